The molecule has 0 saturated carbocycles. The first-order valence-electron chi connectivity index (χ1n) is 8.23. The monoisotopic (exact) mass is 350 g/mol. The summed E-state index contributed by atoms with van der Waals surface area (Å²) in [7, 11) is 0. The predicted molar refractivity (Wildman–Crippen MR) is 99.5 cm³/mol. The van der Waals surface area contributed by atoms with Crippen molar-refractivity contribution in [1.82, 2.24) is 4.90 Å². The van der Waals surface area contributed by atoms with Crippen molar-refractivity contribution in [3.05, 3.63) is 59.0 Å². The van der Waals surface area contributed by atoms with Crippen LogP contribution in [0.2, 0.25) is 0 Å². The summed E-state index contributed by atoms with van der Waals surface area (Å²) in [4.78, 5) is 14.7. The van der Waals surface area contributed by atoms with E-state index in [9.17, 15) is 4.79 Å². The van der Waals surface area contributed by atoms with Gasteiger partial charge in [0, 0.05) is 12.6 Å². The number of aryl methyl sites for hydroxylation is 1. The maximum absolute atomic E-state index is 12.8. The lowest BCUT2D eigenvalue weighted by atomic mass is 10.0. The molecule has 0 fully saturated rings. The number of carbonyl (C=O) groups is 1. The Labute approximate surface area is 150 Å². The summed E-state index contributed by atoms with van der Waals surface area (Å²) in [6, 6.07) is 10.4. The summed E-state index contributed by atoms with van der Waals surface area (Å²) in [6.07, 6.45) is 3.28. The number of benzene rings is 1. The fraction of sp³-hybridized carbons (Fsp3) is 0.421. The van der Waals surface area contributed by atoms with Crippen molar-refractivity contribution in [3.63, 3.8) is 0 Å². The van der Waals surface area contributed by atoms with Gasteiger partial charge in [0.1, 0.15) is 12.0 Å². The number of hydrogen-bond acceptors (Lipinski definition) is 3. The van der Waals surface area contributed by atoms with E-state index in [4.69, 9.17) is 10.2 Å². The van der Waals surface area contributed by atoms with Crippen molar-refractivity contribution < 1.29 is 9.21 Å². The molecule has 1 atom stereocenters. The number of halogens is 1. The van der Waals surface area contributed by atoms with Crippen LogP contribution >= 0.6 is 12.4 Å². The van der Waals surface area contributed by atoms with E-state index in [1.807, 2.05) is 11.8 Å². The van der Waals surface area contributed by atoms with Crippen molar-refractivity contribution in [1.29, 1.82) is 0 Å². The van der Waals surface area contributed by atoms with Gasteiger partial charge < -0.3 is 15.1 Å². The van der Waals surface area contributed by atoms with Crippen molar-refractivity contribution in [3.8, 4) is 0 Å². The molecule has 0 saturated heterocycles. The minimum atomic E-state index is 0. The second-order valence-electron chi connectivity index (χ2n) is 5.85. The SMILES string of the molecule is CCC(Cc1ccc(C)cc1)N(CC)C(=O)c1coc(CN)c1.Cl. The van der Waals surface area contributed by atoms with Gasteiger partial charge in [-0.3, -0.25) is 4.79 Å². The molecular weight excluding hydrogens is 324 g/mol. The number of nitrogens with zero attached hydrogens (tertiary/aromatic N) is 1. The van der Waals surface area contributed by atoms with E-state index in [1.165, 1.54) is 17.4 Å². The van der Waals surface area contributed by atoms with Gasteiger partial charge >= 0.3 is 0 Å². The fourth-order valence-electron chi connectivity index (χ4n) is 2.80. The summed E-state index contributed by atoms with van der Waals surface area (Å²) >= 11 is 0. The predicted octanol–water partition coefficient (Wildman–Crippen LogP) is 3.95. The molecule has 0 aliphatic rings. The van der Waals surface area contributed by atoms with Crippen LogP contribution in [-0.2, 0) is 13.0 Å². The number of rotatable bonds is 7. The summed E-state index contributed by atoms with van der Waals surface area (Å²) in [5.41, 5.74) is 8.63. The van der Waals surface area contributed by atoms with Gasteiger partial charge in [-0.15, -0.1) is 12.4 Å². The molecular formula is C19H27ClN2O2. The summed E-state index contributed by atoms with van der Waals surface area (Å²) in [5.74, 6) is 0.644. The van der Waals surface area contributed by atoms with Crippen LogP contribution < -0.4 is 5.73 Å². The molecule has 24 heavy (non-hydrogen) atoms. The zero-order valence-electron chi connectivity index (χ0n) is 14.6. The molecule has 1 heterocycles. The third kappa shape index (κ3) is 4.86. The first-order valence-corrected chi connectivity index (χ1v) is 8.23. The fourth-order valence-corrected chi connectivity index (χ4v) is 2.80. The number of hydrogen-bond donors (Lipinski definition) is 1. The third-order valence-corrected chi connectivity index (χ3v) is 4.21. The summed E-state index contributed by atoms with van der Waals surface area (Å²) in [6.45, 7) is 7.19. The van der Waals surface area contributed by atoms with E-state index in [2.05, 4.69) is 38.1 Å². The Morgan fingerprint density at radius 3 is 2.42 bits per heavy atom. The third-order valence-electron chi connectivity index (χ3n) is 4.21. The van der Waals surface area contributed by atoms with Gasteiger partial charge in [0.05, 0.1) is 12.1 Å². The Morgan fingerprint density at radius 1 is 1.25 bits per heavy atom. The van der Waals surface area contributed by atoms with Gasteiger partial charge in [-0.2, -0.15) is 0 Å². The molecule has 0 aliphatic carbocycles. The molecule has 1 aromatic heterocycles. The van der Waals surface area contributed by atoms with Crippen molar-refractivity contribution in [2.75, 3.05) is 6.54 Å². The zero-order valence-corrected chi connectivity index (χ0v) is 15.4. The second kappa shape index (κ2) is 9.50. The molecule has 0 aliphatic heterocycles. The van der Waals surface area contributed by atoms with Crippen LogP contribution in [0.3, 0.4) is 0 Å². The molecule has 5 heteroatoms. The largest absolute Gasteiger partial charge is 0.467 e. The van der Waals surface area contributed by atoms with Crippen molar-refractivity contribution in [2.24, 2.45) is 5.73 Å². The lowest BCUT2D eigenvalue weighted by Crippen LogP contribution is -2.41. The van der Waals surface area contributed by atoms with Gasteiger partial charge in [0.15, 0.2) is 0 Å². The maximum atomic E-state index is 12.8. The van der Waals surface area contributed by atoms with Crippen LogP contribution in [0.1, 0.15) is 47.5 Å². The Morgan fingerprint density at radius 2 is 1.92 bits per heavy atom. The van der Waals surface area contributed by atoms with Gasteiger partial charge in [0.25, 0.3) is 5.91 Å². The zero-order chi connectivity index (χ0) is 16.8. The van der Waals surface area contributed by atoms with Gasteiger partial charge in [-0.1, -0.05) is 36.8 Å². The van der Waals surface area contributed by atoms with E-state index in [0.717, 1.165) is 12.8 Å². The molecule has 0 bridgehead atoms. The van der Waals surface area contributed by atoms with Crippen LogP contribution in [0.25, 0.3) is 0 Å². The molecule has 1 unspecified atom stereocenters. The molecule has 2 aromatic rings. The summed E-state index contributed by atoms with van der Waals surface area (Å²) < 4.78 is 5.30. The molecule has 0 radical (unpaired) electrons. The molecule has 0 spiro atoms. The smallest absolute Gasteiger partial charge is 0.257 e. The first-order chi connectivity index (χ1) is 11.1. The van der Waals surface area contributed by atoms with E-state index < -0.39 is 0 Å². The number of nitrogens with two attached hydrogens (primary N) is 1. The highest BCUT2D eigenvalue weighted by atomic mass is 35.5. The molecule has 132 valence electrons. The average Bonchev–Trinajstić information content (AvgIpc) is 3.05. The average molecular weight is 351 g/mol. The number of carbonyl (C=O) groups excluding carboxylic acids is 1. The van der Waals surface area contributed by atoms with Crippen LogP contribution in [0.4, 0.5) is 0 Å². The second-order valence-corrected chi connectivity index (χ2v) is 5.85. The Kier molecular flexibility index (Phi) is 8.02. The van der Waals surface area contributed by atoms with Gasteiger partial charge in [-0.25, -0.2) is 0 Å². The highest BCUT2D eigenvalue weighted by molar-refractivity contribution is 5.94. The Bertz CT molecular complexity index is 637. The molecule has 2 rings (SSSR count). The maximum Gasteiger partial charge on any atom is 0.257 e. The van der Waals surface area contributed by atoms with Gasteiger partial charge in [-0.05, 0) is 38.3 Å². The minimum Gasteiger partial charge on any atom is -0.467 e. The molecule has 1 aromatic carbocycles. The molecule has 2 N–H and O–H groups in total. The lowest BCUT2D eigenvalue weighted by Gasteiger charge is -2.30. The van der Waals surface area contributed by atoms with E-state index in [0.29, 0.717) is 24.4 Å². The number of furan rings is 1. The summed E-state index contributed by atoms with van der Waals surface area (Å²) in [5, 5.41) is 0. The first kappa shape index (κ1) is 20.3. The normalized spacial score (nSPS) is 11.7. The van der Waals surface area contributed by atoms with E-state index in [1.54, 1.807) is 6.07 Å². The van der Waals surface area contributed by atoms with E-state index in [-0.39, 0.29) is 24.4 Å². The van der Waals surface area contributed by atoms with Gasteiger partial charge in [0.2, 0.25) is 0 Å². The quantitative estimate of drug-likeness (QED) is 0.822. The number of amides is 1. The van der Waals surface area contributed by atoms with E-state index >= 15 is 0 Å². The van der Waals surface area contributed by atoms with Crippen LogP contribution in [0.15, 0.2) is 41.0 Å². The Hall–Kier alpha value is -1.78. The molecule has 4 nitrogen and oxygen atoms in total. The Balaban J connectivity index is 0.00000288. The van der Waals surface area contributed by atoms with Crippen LogP contribution in [0, 0.1) is 6.92 Å². The van der Waals surface area contributed by atoms with Crippen LogP contribution in [0.5, 0.6) is 0 Å². The standard InChI is InChI=1S/C19H26N2O2.ClH/c1-4-17(10-15-8-6-14(3)7-9-15)21(5-2)19(22)16-11-18(12-20)23-13-16;/h6-9,11,13,17H,4-5,10,12,20H2,1-3H3;1H. The minimum absolute atomic E-state index is 0. The topological polar surface area (TPSA) is 59.5 Å². The highest BCUT2D eigenvalue weighted by Gasteiger charge is 2.23. The number of likely N-dealkylation sites (N-methyl/N-ethyl adjacent to an activating group) is 1. The van der Waals surface area contributed by atoms with Crippen LogP contribution in [-0.4, -0.2) is 23.4 Å². The van der Waals surface area contributed by atoms with Crippen molar-refractivity contribution >= 4 is 18.3 Å². The molecule has 1 amide bonds. The highest BCUT2D eigenvalue weighted by Crippen LogP contribution is 2.17. The van der Waals surface area contributed by atoms with Crippen molar-refractivity contribution in [2.45, 2.75) is 46.2 Å². The lowest BCUT2D eigenvalue weighted by molar-refractivity contribution is 0.0683.